The van der Waals surface area contributed by atoms with E-state index in [2.05, 4.69) is 40.1 Å². The van der Waals surface area contributed by atoms with Crippen LogP contribution < -0.4 is 11.3 Å². The molecular formula is C15H24BrF2N3. The lowest BCUT2D eigenvalue weighted by Crippen LogP contribution is -2.61. The fourth-order valence-electron chi connectivity index (χ4n) is 3.05. The first-order valence-corrected chi connectivity index (χ1v) is 7.89. The van der Waals surface area contributed by atoms with E-state index in [1.165, 1.54) is 12.1 Å². The number of rotatable bonds is 7. The highest BCUT2D eigenvalue weighted by atomic mass is 79.9. The largest absolute Gasteiger partial charge is 0.302 e. The average molecular weight is 364 g/mol. The third-order valence-electron chi connectivity index (χ3n) is 4.51. The number of hydrogen-bond acceptors (Lipinski definition) is 3. The summed E-state index contributed by atoms with van der Waals surface area (Å²) in [6.45, 7) is 4.11. The van der Waals surface area contributed by atoms with Gasteiger partial charge in [0, 0.05) is 17.1 Å². The van der Waals surface area contributed by atoms with E-state index in [1.54, 1.807) is 0 Å². The second-order valence-corrected chi connectivity index (χ2v) is 6.30. The fraction of sp³-hybridized carbons (Fsp3) is 0.600. The van der Waals surface area contributed by atoms with Gasteiger partial charge in [0.15, 0.2) is 0 Å². The summed E-state index contributed by atoms with van der Waals surface area (Å²) in [5, 5.41) is 0. The van der Waals surface area contributed by atoms with Crippen molar-refractivity contribution in [2.45, 2.75) is 44.7 Å². The molecule has 1 atom stereocenters. The molecule has 0 saturated carbocycles. The van der Waals surface area contributed by atoms with Crippen molar-refractivity contribution in [2.75, 3.05) is 14.1 Å². The van der Waals surface area contributed by atoms with Crippen molar-refractivity contribution in [2.24, 2.45) is 5.84 Å². The number of nitrogens with zero attached hydrogens (tertiary/aromatic N) is 1. The molecule has 0 aliphatic rings. The fourth-order valence-corrected chi connectivity index (χ4v) is 3.42. The predicted molar refractivity (Wildman–Crippen MR) is 85.9 cm³/mol. The molecule has 0 amide bonds. The molecular weight excluding hydrogens is 340 g/mol. The molecule has 0 aromatic heterocycles. The molecule has 120 valence electrons. The van der Waals surface area contributed by atoms with Crippen molar-refractivity contribution in [3.63, 3.8) is 0 Å². The van der Waals surface area contributed by atoms with E-state index in [9.17, 15) is 8.78 Å². The molecule has 21 heavy (non-hydrogen) atoms. The van der Waals surface area contributed by atoms with Crippen LogP contribution in [0.4, 0.5) is 8.78 Å². The Morgan fingerprint density at radius 1 is 1.29 bits per heavy atom. The average Bonchev–Trinajstić information content (AvgIpc) is 2.46. The van der Waals surface area contributed by atoms with Gasteiger partial charge < -0.3 is 4.90 Å². The van der Waals surface area contributed by atoms with Gasteiger partial charge in [-0.15, -0.1) is 0 Å². The summed E-state index contributed by atoms with van der Waals surface area (Å²) < 4.78 is 28.4. The Kier molecular flexibility index (Phi) is 6.71. The van der Waals surface area contributed by atoms with E-state index in [1.807, 2.05) is 14.1 Å². The number of benzene rings is 1. The zero-order valence-corrected chi connectivity index (χ0v) is 14.6. The molecule has 1 rings (SSSR count). The lowest BCUT2D eigenvalue weighted by Gasteiger charge is -2.45. The normalized spacial score (nSPS) is 13.8. The highest BCUT2D eigenvalue weighted by molar-refractivity contribution is 9.10. The first-order chi connectivity index (χ1) is 9.83. The standard InChI is InChI=1S/C15H24BrF2N3/c1-5-15(6-2,21(3)4)13(20-19)9-10-12(17)8-7-11(16)14(10)18/h7-8,13,20H,5-6,9,19H2,1-4H3. The second kappa shape index (κ2) is 7.63. The number of nitrogens with one attached hydrogen (secondary N) is 1. The molecule has 1 aromatic carbocycles. The molecule has 3 N–H and O–H groups in total. The Bertz CT molecular complexity index is 476. The van der Waals surface area contributed by atoms with Crippen LogP contribution in [0.15, 0.2) is 16.6 Å². The van der Waals surface area contributed by atoms with Crippen LogP contribution >= 0.6 is 15.9 Å². The van der Waals surface area contributed by atoms with Gasteiger partial charge in [-0.3, -0.25) is 11.3 Å². The van der Waals surface area contributed by atoms with Crippen LogP contribution in [-0.2, 0) is 6.42 Å². The number of likely N-dealkylation sites (N-methyl/N-ethyl adjacent to an activating group) is 1. The van der Waals surface area contributed by atoms with Gasteiger partial charge in [-0.1, -0.05) is 13.8 Å². The number of hydrazine groups is 1. The highest BCUT2D eigenvalue weighted by Gasteiger charge is 2.38. The van der Waals surface area contributed by atoms with E-state index in [0.29, 0.717) is 0 Å². The van der Waals surface area contributed by atoms with Crippen LogP contribution in [0.5, 0.6) is 0 Å². The molecule has 0 fully saturated rings. The Hall–Kier alpha value is -0.560. The van der Waals surface area contributed by atoms with Crippen LogP contribution in [0.3, 0.4) is 0 Å². The number of hydrogen-bond donors (Lipinski definition) is 2. The second-order valence-electron chi connectivity index (χ2n) is 5.45. The van der Waals surface area contributed by atoms with Crippen molar-refractivity contribution < 1.29 is 8.78 Å². The zero-order chi connectivity index (χ0) is 16.2. The summed E-state index contributed by atoms with van der Waals surface area (Å²) in [6, 6.07) is 2.38. The molecule has 0 spiro atoms. The van der Waals surface area contributed by atoms with Crippen LogP contribution in [0, 0.1) is 11.6 Å². The van der Waals surface area contributed by atoms with Crippen LogP contribution in [0.2, 0.25) is 0 Å². The summed E-state index contributed by atoms with van der Waals surface area (Å²) in [6.07, 6.45) is 1.83. The summed E-state index contributed by atoms with van der Waals surface area (Å²) in [7, 11) is 3.93. The Balaban J connectivity index is 3.21. The van der Waals surface area contributed by atoms with Gasteiger partial charge in [0.05, 0.1) is 4.47 Å². The zero-order valence-electron chi connectivity index (χ0n) is 13.0. The van der Waals surface area contributed by atoms with Gasteiger partial charge in [0.2, 0.25) is 0 Å². The third kappa shape index (κ3) is 3.62. The molecule has 1 unspecified atom stereocenters. The van der Waals surface area contributed by atoms with E-state index in [0.717, 1.165) is 12.8 Å². The minimum absolute atomic E-state index is 0.0560. The molecule has 0 aliphatic heterocycles. The summed E-state index contributed by atoms with van der Waals surface area (Å²) in [5.41, 5.74) is 2.55. The predicted octanol–water partition coefficient (Wildman–Crippen LogP) is 3.22. The quantitative estimate of drug-likeness (QED) is 0.444. The monoisotopic (exact) mass is 363 g/mol. The van der Waals surface area contributed by atoms with Crippen molar-refractivity contribution >= 4 is 15.9 Å². The molecule has 0 radical (unpaired) electrons. The van der Waals surface area contributed by atoms with Crippen molar-refractivity contribution in [3.05, 3.63) is 33.8 Å². The Morgan fingerprint density at radius 3 is 2.29 bits per heavy atom. The molecule has 6 heteroatoms. The van der Waals surface area contributed by atoms with Crippen molar-refractivity contribution in [1.82, 2.24) is 10.3 Å². The Labute approximate surface area is 134 Å². The number of halogens is 3. The van der Waals surface area contributed by atoms with Gasteiger partial charge >= 0.3 is 0 Å². The minimum atomic E-state index is -0.560. The van der Waals surface area contributed by atoms with Gasteiger partial charge in [-0.05, 0) is 61.4 Å². The first kappa shape index (κ1) is 18.5. The van der Waals surface area contributed by atoms with Gasteiger partial charge in [-0.25, -0.2) is 8.78 Å². The van der Waals surface area contributed by atoms with E-state index < -0.39 is 11.6 Å². The lowest BCUT2D eigenvalue weighted by atomic mass is 9.80. The molecule has 0 bridgehead atoms. The summed E-state index contributed by atoms with van der Waals surface area (Å²) in [5.74, 6) is 4.59. The first-order valence-electron chi connectivity index (χ1n) is 7.09. The molecule has 0 aliphatic carbocycles. The molecule has 0 heterocycles. The van der Waals surface area contributed by atoms with Crippen LogP contribution in [0.1, 0.15) is 32.3 Å². The highest BCUT2D eigenvalue weighted by Crippen LogP contribution is 2.30. The maximum atomic E-state index is 14.2. The maximum absolute atomic E-state index is 14.2. The molecule has 0 saturated heterocycles. The van der Waals surface area contributed by atoms with E-state index >= 15 is 0 Å². The van der Waals surface area contributed by atoms with Crippen molar-refractivity contribution in [3.8, 4) is 0 Å². The van der Waals surface area contributed by atoms with Crippen molar-refractivity contribution in [1.29, 1.82) is 0 Å². The SMILES string of the molecule is CCC(CC)(C(Cc1c(F)ccc(Br)c1F)NN)N(C)C. The van der Waals surface area contributed by atoms with Gasteiger partial charge in [0.1, 0.15) is 11.6 Å². The summed E-state index contributed by atoms with van der Waals surface area (Å²) in [4.78, 5) is 2.07. The Morgan fingerprint density at radius 2 is 1.86 bits per heavy atom. The van der Waals surface area contributed by atoms with Gasteiger partial charge in [-0.2, -0.15) is 0 Å². The van der Waals surface area contributed by atoms with E-state index in [4.69, 9.17) is 5.84 Å². The minimum Gasteiger partial charge on any atom is -0.302 e. The van der Waals surface area contributed by atoms with Crippen LogP contribution in [-0.4, -0.2) is 30.6 Å². The smallest absolute Gasteiger partial charge is 0.143 e. The lowest BCUT2D eigenvalue weighted by molar-refractivity contribution is 0.0874. The molecule has 3 nitrogen and oxygen atoms in total. The maximum Gasteiger partial charge on any atom is 0.143 e. The summed E-state index contributed by atoms with van der Waals surface area (Å²) >= 11 is 3.10. The topological polar surface area (TPSA) is 41.3 Å². The molecule has 1 aromatic rings. The number of nitrogens with two attached hydrogens (primary N) is 1. The van der Waals surface area contributed by atoms with Gasteiger partial charge in [0.25, 0.3) is 0 Å². The third-order valence-corrected chi connectivity index (χ3v) is 5.12. The van der Waals surface area contributed by atoms with E-state index in [-0.39, 0.29) is 28.0 Å². The van der Waals surface area contributed by atoms with Crippen LogP contribution in [0.25, 0.3) is 0 Å².